The number of aromatic nitrogens is 3. The van der Waals surface area contributed by atoms with Crippen LogP contribution in [0.25, 0.3) is 128 Å². The zero-order valence-electron chi connectivity index (χ0n) is 37.7. The summed E-state index contributed by atoms with van der Waals surface area (Å²) in [7, 11) is 0. The molecule has 324 valence electrons. The predicted molar refractivity (Wildman–Crippen MR) is 285 cm³/mol. The highest BCUT2D eigenvalue weighted by atomic mass is 16.3. The molecule has 1 aliphatic rings. The Balaban J connectivity index is 0.888. The van der Waals surface area contributed by atoms with Gasteiger partial charge in [0, 0.05) is 34.1 Å². The predicted octanol–water partition coefficient (Wildman–Crippen LogP) is 17.2. The van der Waals surface area contributed by atoms with Crippen LogP contribution in [0.15, 0.2) is 235 Å². The number of allylic oxidation sites excluding steroid dienone is 1. The molecule has 4 nitrogen and oxygen atoms in total. The van der Waals surface area contributed by atoms with E-state index >= 15 is 0 Å². The summed E-state index contributed by atoms with van der Waals surface area (Å²) in [4.78, 5) is 15.6. The maximum Gasteiger partial charge on any atom is 0.164 e. The molecule has 0 unspecified atom stereocenters. The van der Waals surface area contributed by atoms with Gasteiger partial charge < -0.3 is 4.42 Å². The molecule has 0 fully saturated rings. The highest BCUT2D eigenvalue weighted by Gasteiger charge is 2.20. The molecule has 1 aliphatic carbocycles. The summed E-state index contributed by atoms with van der Waals surface area (Å²) in [6.45, 7) is 0. The van der Waals surface area contributed by atoms with E-state index in [0.29, 0.717) is 17.5 Å². The Morgan fingerprint density at radius 2 is 0.797 bits per heavy atom. The van der Waals surface area contributed by atoms with Crippen LogP contribution in [-0.2, 0) is 6.42 Å². The van der Waals surface area contributed by atoms with Gasteiger partial charge in [-0.3, -0.25) is 0 Å². The van der Waals surface area contributed by atoms with Crippen LogP contribution < -0.4 is 0 Å². The van der Waals surface area contributed by atoms with E-state index in [4.69, 9.17) is 19.4 Å². The highest BCUT2D eigenvalue weighted by molar-refractivity contribution is 6.12. The smallest absolute Gasteiger partial charge is 0.164 e. The zero-order chi connectivity index (χ0) is 45.7. The van der Waals surface area contributed by atoms with Crippen molar-refractivity contribution in [2.24, 2.45) is 0 Å². The number of furan rings is 1. The van der Waals surface area contributed by atoms with Crippen molar-refractivity contribution in [3.63, 3.8) is 0 Å². The van der Waals surface area contributed by atoms with Crippen molar-refractivity contribution in [3.8, 4) is 89.8 Å². The molecule has 2 aromatic heterocycles. The zero-order valence-corrected chi connectivity index (χ0v) is 37.7. The van der Waals surface area contributed by atoms with Crippen LogP contribution >= 0.6 is 0 Å². The number of fused-ring (bicyclic) bond motifs is 5. The van der Waals surface area contributed by atoms with Crippen LogP contribution in [-0.4, -0.2) is 15.0 Å². The lowest BCUT2D eigenvalue weighted by Crippen LogP contribution is -2.01. The topological polar surface area (TPSA) is 51.8 Å². The molecular formula is C65H43N3O. The minimum absolute atomic E-state index is 0.617. The van der Waals surface area contributed by atoms with Crippen LogP contribution in [0.3, 0.4) is 0 Å². The Bertz CT molecular complexity index is 3940. The summed E-state index contributed by atoms with van der Waals surface area (Å²) >= 11 is 0. The fourth-order valence-corrected chi connectivity index (χ4v) is 10.3. The number of nitrogens with zero attached hydrogens (tertiary/aromatic N) is 3. The van der Waals surface area contributed by atoms with Crippen LogP contribution in [0.5, 0.6) is 0 Å². The molecule has 2 heterocycles. The molecule has 12 aromatic rings. The van der Waals surface area contributed by atoms with Crippen molar-refractivity contribution in [1.29, 1.82) is 0 Å². The molecule has 0 saturated carbocycles. The van der Waals surface area contributed by atoms with Gasteiger partial charge in [-0.1, -0.05) is 218 Å². The molecule has 0 aliphatic heterocycles. The Morgan fingerprint density at radius 3 is 1.49 bits per heavy atom. The van der Waals surface area contributed by atoms with Crippen molar-refractivity contribution in [2.75, 3.05) is 0 Å². The van der Waals surface area contributed by atoms with E-state index < -0.39 is 0 Å². The lowest BCUT2D eigenvalue weighted by Gasteiger charge is -2.16. The van der Waals surface area contributed by atoms with Gasteiger partial charge in [-0.15, -0.1) is 0 Å². The summed E-state index contributed by atoms with van der Waals surface area (Å²) in [5, 5.41) is 6.03. The summed E-state index contributed by atoms with van der Waals surface area (Å²) < 4.78 is 6.27. The fourth-order valence-electron chi connectivity index (χ4n) is 10.3. The Kier molecular flexibility index (Phi) is 9.94. The van der Waals surface area contributed by atoms with Crippen molar-refractivity contribution in [2.45, 2.75) is 12.8 Å². The van der Waals surface area contributed by atoms with Crippen molar-refractivity contribution >= 4 is 38.6 Å². The van der Waals surface area contributed by atoms with Crippen LogP contribution in [0, 0.1) is 0 Å². The number of aryl methyl sites for hydroxylation is 1. The third kappa shape index (κ3) is 7.31. The summed E-state index contributed by atoms with van der Waals surface area (Å²) in [6, 6.07) is 79.7. The van der Waals surface area contributed by atoms with E-state index in [0.717, 1.165) is 68.7 Å². The molecule has 0 radical (unpaired) electrons. The van der Waals surface area contributed by atoms with Crippen LogP contribution in [0.2, 0.25) is 0 Å². The molecular weight excluding hydrogens is 839 g/mol. The largest absolute Gasteiger partial charge is 0.460 e. The van der Waals surface area contributed by atoms with E-state index in [1.54, 1.807) is 0 Å². The average molecular weight is 882 g/mol. The molecule has 0 spiro atoms. The second kappa shape index (κ2) is 17.0. The third-order valence-corrected chi connectivity index (χ3v) is 13.6. The lowest BCUT2D eigenvalue weighted by atomic mass is 9.87. The highest BCUT2D eigenvalue weighted by Crippen LogP contribution is 2.43. The molecule has 0 bridgehead atoms. The minimum atomic E-state index is 0.617. The second-order valence-corrected chi connectivity index (χ2v) is 17.7. The maximum absolute atomic E-state index is 6.27. The van der Waals surface area contributed by atoms with Gasteiger partial charge in [0.25, 0.3) is 0 Å². The first-order chi connectivity index (χ1) is 34.2. The molecule has 13 rings (SSSR count). The molecule has 0 N–H and O–H groups in total. The molecule has 69 heavy (non-hydrogen) atoms. The number of hydrogen-bond donors (Lipinski definition) is 0. The van der Waals surface area contributed by atoms with E-state index in [1.807, 2.05) is 12.1 Å². The fraction of sp³-hybridized carbons (Fsp3) is 0.0308. The first-order valence-electron chi connectivity index (χ1n) is 23.6. The summed E-state index contributed by atoms with van der Waals surface area (Å²) in [5.41, 5.74) is 16.5. The number of hydrogen-bond acceptors (Lipinski definition) is 4. The number of benzene rings is 10. The third-order valence-electron chi connectivity index (χ3n) is 13.6. The first-order valence-corrected chi connectivity index (χ1v) is 23.6. The van der Waals surface area contributed by atoms with Gasteiger partial charge >= 0.3 is 0 Å². The SMILES string of the molecule is C1=Cc2c(oc3ccc(-c4ccc(-c5ccc(-c6ccc(-c7nc(-c8cccc(-c9ccccc9)c8)nc(-c8ccccc8-c8ccccc8)n7)cc6)c6ccccc56)c5ccccc45)cc23)CC1. The van der Waals surface area contributed by atoms with Gasteiger partial charge in [0.2, 0.25) is 0 Å². The molecule has 0 amide bonds. The summed E-state index contributed by atoms with van der Waals surface area (Å²) in [5.74, 6) is 2.95. The number of rotatable bonds is 8. The lowest BCUT2D eigenvalue weighted by molar-refractivity contribution is 0.546. The Labute approximate surface area is 400 Å². The van der Waals surface area contributed by atoms with E-state index in [-0.39, 0.29) is 0 Å². The van der Waals surface area contributed by atoms with Gasteiger partial charge in [0.05, 0.1) is 0 Å². The monoisotopic (exact) mass is 881 g/mol. The van der Waals surface area contributed by atoms with Crippen LogP contribution in [0.4, 0.5) is 0 Å². The van der Waals surface area contributed by atoms with Crippen molar-refractivity contribution in [3.05, 3.63) is 242 Å². The second-order valence-electron chi connectivity index (χ2n) is 17.7. The van der Waals surface area contributed by atoms with Crippen molar-refractivity contribution < 1.29 is 4.42 Å². The van der Waals surface area contributed by atoms with Crippen LogP contribution in [0.1, 0.15) is 17.7 Å². The first kappa shape index (κ1) is 40.3. The van der Waals surface area contributed by atoms with Gasteiger partial charge in [0.1, 0.15) is 11.3 Å². The normalized spacial score (nSPS) is 12.2. The average Bonchev–Trinajstić information content (AvgIpc) is 3.81. The van der Waals surface area contributed by atoms with Gasteiger partial charge in [-0.25, -0.2) is 15.0 Å². The van der Waals surface area contributed by atoms with Crippen molar-refractivity contribution in [1.82, 2.24) is 15.0 Å². The molecule has 0 atom stereocenters. The quantitative estimate of drug-likeness (QED) is 0.153. The van der Waals surface area contributed by atoms with Gasteiger partial charge in [-0.2, -0.15) is 0 Å². The van der Waals surface area contributed by atoms with E-state index in [1.165, 1.54) is 60.3 Å². The molecule has 4 heteroatoms. The van der Waals surface area contributed by atoms with E-state index in [9.17, 15) is 0 Å². The van der Waals surface area contributed by atoms with Gasteiger partial charge in [0.15, 0.2) is 17.5 Å². The maximum atomic E-state index is 6.27. The molecule has 0 saturated heterocycles. The minimum Gasteiger partial charge on any atom is -0.460 e. The van der Waals surface area contributed by atoms with Gasteiger partial charge in [-0.05, 0) is 102 Å². The Hall–Kier alpha value is -8.99. The molecule has 10 aromatic carbocycles. The standard InChI is InChI=1S/C65H43N3O/c1-3-16-42(17-4-1)46-20-15-21-48(40-46)64-66-63(67-65(68-64)59-28-12-7-22-49(59)43-18-5-2-6-19-43)45-32-30-44(31-33-45)50-35-37-56(54-25-10-8-23-52(50)54)57-38-36-51(53-24-9-11-26-55(53)57)47-34-39-62-60(41-47)58-27-13-14-29-61(58)69-62/h1-13,15-28,30-41H,14,29H2. The summed E-state index contributed by atoms with van der Waals surface area (Å²) in [6.07, 6.45) is 6.45. The Morgan fingerprint density at radius 1 is 0.304 bits per heavy atom. The van der Waals surface area contributed by atoms with E-state index in [2.05, 4.69) is 224 Å².